The zero-order chi connectivity index (χ0) is 7.44. The van der Waals surface area contributed by atoms with Crippen molar-refractivity contribution in [2.24, 2.45) is 11.5 Å². The molecular weight excluding hydrogens is 116 g/mol. The molecular formula is C6H12N2O. The van der Waals surface area contributed by atoms with E-state index in [9.17, 15) is 4.79 Å². The van der Waals surface area contributed by atoms with Crippen molar-refractivity contribution in [3.63, 3.8) is 0 Å². The van der Waals surface area contributed by atoms with Gasteiger partial charge in [-0.15, -0.1) is 0 Å². The summed E-state index contributed by atoms with van der Waals surface area (Å²) in [7, 11) is 0. The molecule has 4 N–H and O–H groups in total. The third kappa shape index (κ3) is 2.28. The van der Waals surface area contributed by atoms with Gasteiger partial charge >= 0.3 is 0 Å². The maximum absolute atomic E-state index is 10.7. The maximum atomic E-state index is 10.7. The molecule has 0 bridgehead atoms. The fraction of sp³-hybridized carbons (Fsp3) is 0.500. The Morgan fingerprint density at radius 1 is 1.78 bits per heavy atom. The van der Waals surface area contributed by atoms with Crippen molar-refractivity contribution in [1.29, 1.82) is 0 Å². The number of carbonyl (C=O) groups is 1. The molecule has 3 nitrogen and oxygen atoms in total. The zero-order valence-corrected chi connectivity index (χ0v) is 5.55. The van der Waals surface area contributed by atoms with Crippen molar-refractivity contribution < 1.29 is 4.79 Å². The average Bonchev–Trinajstić information content (AvgIpc) is 1.84. The van der Waals surface area contributed by atoms with Crippen LogP contribution in [0.3, 0.4) is 0 Å². The summed E-state index contributed by atoms with van der Waals surface area (Å²) in [4.78, 5) is 10.7. The third-order valence-electron chi connectivity index (χ3n) is 1.09. The first kappa shape index (κ1) is 8.17. The summed E-state index contributed by atoms with van der Waals surface area (Å²) < 4.78 is 0. The van der Waals surface area contributed by atoms with Gasteiger partial charge in [0, 0.05) is 12.1 Å². The molecule has 0 saturated carbocycles. The number of ketones is 1. The minimum absolute atomic E-state index is 0.0671. The number of hydrogen-bond acceptors (Lipinski definition) is 3. The maximum Gasteiger partial charge on any atom is 0.155 e. The van der Waals surface area contributed by atoms with Gasteiger partial charge in [0.15, 0.2) is 5.78 Å². The molecule has 0 amide bonds. The monoisotopic (exact) mass is 128 g/mol. The van der Waals surface area contributed by atoms with Crippen LogP contribution in [-0.4, -0.2) is 11.8 Å². The van der Waals surface area contributed by atoms with Gasteiger partial charge in [0.2, 0.25) is 0 Å². The van der Waals surface area contributed by atoms with Gasteiger partial charge in [-0.2, -0.15) is 0 Å². The summed E-state index contributed by atoms with van der Waals surface area (Å²) in [5, 5.41) is 0. The molecule has 0 rings (SSSR count). The highest BCUT2D eigenvalue weighted by molar-refractivity contribution is 5.86. The lowest BCUT2D eigenvalue weighted by molar-refractivity contribution is -0.119. The summed E-state index contributed by atoms with van der Waals surface area (Å²) in [6.07, 6.45) is 0.414. The van der Waals surface area contributed by atoms with Crippen LogP contribution in [0.2, 0.25) is 0 Å². The van der Waals surface area contributed by atoms with Gasteiger partial charge in [-0.3, -0.25) is 4.79 Å². The Morgan fingerprint density at radius 3 is 2.33 bits per heavy atom. The van der Waals surface area contributed by atoms with E-state index in [1.54, 1.807) is 6.92 Å². The van der Waals surface area contributed by atoms with Crippen molar-refractivity contribution >= 4 is 5.78 Å². The Hall–Kier alpha value is -0.830. The van der Waals surface area contributed by atoms with E-state index < -0.39 is 6.04 Å². The Labute approximate surface area is 54.7 Å². The summed E-state index contributed by atoms with van der Waals surface area (Å²) in [6.45, 7) is 5.10. The first-order valence-electron chi connectivity index (χ1n) is 2.82. The van der Waals surface area contributed by atoms with Crippen LogP contribution in [-0.2, 0) is 4.79 Å². The molecule has 0 saturated heterocycles. The largest absolute Gasteiger partial charge is 0.401 e. The van der Waals surface area contributed by atoms with Crippen LogP contribution >= 0.6 is 0 Å². The van der Waals surface area contributed by atoms with Gasteiger partial charge in [0.1, 0.15) is 6.04 Å². The predicted octanol–water partition coefficient (Wildman–Crippen LogP) is -0.235. The van der Waals surface area contributed by atoms with Crippen LogP contribution in [0.5, 0.6) is 0 Å². The Kier molecular flexibility index (Phi) is 2.95. The number of carbonyl (C=O) groups excluding carboxylic acids is 1. The predicted molar refractivity (Wildman–Crippen MR) is 36.6 cm³/mol. The highest BCUT2D eigenvalue weighted by atomic mass is 16.1. The van der Waals surface area contributed by atoms with Crippen LogP contribution < -0.4 is 11.5 Å². The molecule has 0 spiro atoms. The second kappa shape index (κ2) is 3.25. The van der Waals surface area contributed by atoms with Gasteiger partial charge in [-0.05, 0) is 0 Å². The molecule has 1 unspecified atom stereocenters. The number of nitrogens with two attached hydrogens (primary N) is 2. The van der Waals surface area contributed by atoms with Crippen LogP contribution in [0.1, 0.15) is 13.3 Å². The number of Topliss-reactive ketones (excluding diaryl/α,β-unsaturated/α-hetero) is 1. The summed E-state index contributed by atoms with van der Waals surface area (Å²) >= 11 is 0. The molecule has 0 fully saturated rings. The third-order valence-corrected chi connectivity index (χ3v) is 1.09. The van der Waals surface area contributed by atoms with Crippen molar-refractivity contribution in [2.75, 3.05) is 0 Å². The van der Waals surface area contributed by atoms with Crippen LogP contribution in [0, 0.1) is 0 Å². The number of hydrogen-bond donors (Lipinski definition) is 2. The molecule has 0 aromatic heterocycles. The topological polar surface area (TPSA) is 69.1 Å². The lowest BCUT2D eigenvalue weighted by Crippen LogP contribution is -2.34. The molecule has 0 radical (unpaired) electrons. The lowest BCUT2D eigenvalue weighted by atomic mass is 10.1. The van der Waals surface area contributed by atoms with Gasteiger partial charge in [-0.25, -0.2) is 0 Å². The molecule has 52 valence electrons. The minimum atomic E-state index is -0.671. The van der Waals surface area contributed by atoms with Crippen molar-refractivity contribution in [3.05, 3.63) is 12.3 Å². The molecule has 0 aliphatic heterocycles. The van der Waals surface area contributed by atoms with Gasteiger partial charge < -0.3 is 11.5 Å². The molecule has 0 aliphatic rings. The van der Waals surface area contributed by atoms with Crippen molar-refractivity contribution in [2.45, 2.75) is 19.4 Å². The van der Waals surface area contributed by atoms with E-state index in [-0.39, 0.29) is 11.5 Å². The smallest absolute Gasteiger partial charge is 0.155 e. The molecule has 9 heavy (non-hydrogen) atoms. The minimum Gasteiger partial charge on any atom is -0.401 e. The molecule has 1 atom stereocenters. The van der Waals surface area contributed by atoms with E-state index in [1.165, 1.54) is 0 Å². The zero-order valence-electron chi connectivity index (χ0n) is 5.55. The second-order valence-corrected chi connectivity index (χ2v) is 1.87. The molecule has 0 heterocycles. The molecule has 3 heteroatoms. The SMILES string of the molecule is C=C(N)C(N)C(=O)CC. The summed E-state index contributed by atoms with van der Waals surface area (Å²) in [5.74, 6) is -0.0671. The second-order valence-electron chi connectivity index (χ2n) is 1.87. The van der Waals surface area contributed by atoms with Gasteiger partial charge in [-0.1, -0.05) is 13.5 Å². The highest BCUT2D eigenvalue weighted by Gasteiger charge is 2.10. The average molecular weight is 128 g/mol. The van der Waals surface area contributed by atoms with Crippen molar-refractivity contribution in [1.82, 2.24) is 0 Å². The standard InChI is InChI=1S/C6H12N2O/c1-3-5(9)6(8)4(2)7/h6H,2-3,7-8H2,1H3. The Balaban J connectivity index is 3.88. The lowest BCUT2D eigenvalue weighted by Gasteiger charge is -2.06. The fourth-order valence-corrected chi connectivity index (χ4v) is 0.427. The quantitative estimate of drug-likeness (QED) is 0.551. The first-order chi connectivity index (χ1) is 4.09. The fourth-order valence-electron chi connectivity index (χ4n) is 0.427. The highest BCUT2D eigenvalue weighted by Crippen LogP contribution is 1.92. The van der Waals surface area contributed by atoms with E-state index in [0.717, 1.165) is 0 Å². The normalized spacial score (nSPS) is 12.7. The molecule has 0 aromatic carbocycles. The van der Waals surface area contributed by atoms with E-state index in [1.807, 2.05) is 0 Å². The van der Waals surface area contributed by atoms with E-state index in [4.69, 9.17) is 11.5 Å². The van der Waals surface area contributed by atoms with Gasteiger partial charge in [0.25, 0.3) is 0 Å². The van der Waals surface area contributed by atoms with E-state index in [2.05, 4.69) is 6.58 Å². The van der Waals surface area contributed by atoms with E-state index >= 15 is 0 Å². The van der Waals surface area contributed by atoms with Crippen molar-refractivity contribution in [3.8, 4) is 0 Å². The van der Waals surface area contributed by atoms with Crippen LogP contribution in [0.4, 0.5) is 0 Å². The Bertz CT molecular complexity index is 131. The van der Waals surface area contributed by atoms with Crippen LogP contribution in [0.15, 0.2) is 12.3 Å². The first-order valence-corrected chi connectivity index (χ1v) is 2.82. The molecule has 0 aromatic rings. The van der Waals surface area contributed by atoms with Gasteiger partial charge in [0.05, 0.1) is 0 Å². The van der Waals surface area contributed by atoms with Crippen LogP contribution in [0.25, 0.3) is 0 Å². The van der Waals surface area contributed by atoms with E-state index in [0.29, 0.717) is 6.42 Å². The molecule has 0 aliphatic carbocycles. The summed E-state index contributed by atoms with van der Waals surface area (Å²) in [6, 6.07) is -0.671. The summed E-state index contributed by atoms with van der Waals surface area (Å²) in [5.41, 5.74) is 10.7. The number of rotatable bonds is 3. The Morgan fingerprint density at radius 2 is 2.22 bits per heavy atom.